The Balaban J connectivity index is 2.28. The smallest absolute Gasteiger partial charge is 0.417 e. The lowest BCUT2D eigenvalue weighted by Gasteiger charge is -2.11. The molecular weight excluding hydrogens is 368 g/mol. The first-order chi connectivity index (χ1) is 11.5. The molecule has 0 aliphatic carbocycles. The first-order valence-electron chi connectivity index (χ1n) is 6.48. The largest absolute Gasteiger partial charge is 0.465 e. The average Bonchev–Trinajstić information content (AvgIpc) is 2.55. The van der Waals surface area contributed by atoms with Crippen molar-refractivity contribution >= 4 is 21.8 Å². The molecule has 0 saturated carbocycles. The fraction of sp³-hybridized carbons (Fsp3) is 0.143. The fourth-order valence-corrected chi connectivity index (χ4v) is 2.76. The van der Waals surface area contributed by atoms with Crippen molar-refractivity contribution in [2.24, 2.45) is 0 Å². The van der Waals surface area contributed by atoms with E-state index in [0.29, 0.717) is 6.20 Å². The zero-order valence-corrected chi connectivity index (χ0v) is 13.3. The van der Waals surface area contributed by atoms with Crippen molar-refractivity contribution in [3.8, 4) is 0 Å². The summed E-state index contributed by atoms with van der Waals surface area (Å²) in [5.41, 5.74) is -1.27. The molecule has 1 aromatic heterocycles. The molecule has 134 valence electrons. The lowest BCUT2D eigenvalue weighted by molar-refractivity contribution is -0.138. The monoisotopic (exact) mass is 378 g/mol. The highest BCUT2D eigenvalue weighted by molar-refractivity contribution is 7.92. The number of halogens is 4. The molecular formula is C14H10F4N2O4S. The third-order valence-corrected chi connectivity index (χ3v) is 4.34. The maximum Gasteiger partial charge on any atom is 0.417 e. The predicted octanol–water partition coefficient (Wildman–Crippen LogP) is 2.83. The highest BCUT2D eigenvalue weighted by atomic mass is 32.2. The van der Waals surface area contributed by atoms with Crippen LogP contribution in [0.25, 0.3) is 0 Å². The summed E-state index contributed by atoms with van der Waals surface area (Å²) in [6.07, 6.45) is -4.50. The van der Waals surface area contributed by atoms with Crippen LogP contribution >= 0.6 is 0 Å². The van der Waals surface area contributed by atoms with Crippen molar-refractivity contribution in [2.75, 3.05) is 11.8 Å². The van der Waals surface area contributed by atoms with Crippen molar-refractivity contribution in [2.45, 2.75) is 11.1 Å². The van der Waals surface area contributed by atoms with Gasteiger partial charge in [-0.1, -0.05) is 0 Å². The number of anilines is 1. The number of esters is 1. The van der Waals surface area contributed by atoms with Crippen LogP contribution in [0.1, 0.15) is 15.9 Å². The van der Waals surface area contributed by atoms with E-state index in [1.165, 1.54) is 0 Å². The minimum Gasteiger partial charge on any atom is -0.465 e. The van der Waals surface area contributed by atoms with E-state index in [1.54, 1.807) is 4.72 Å². The lowest BCUT2D eigenvalue weighted by atomic mass is 10.2. The van der Waals surface area contributed by atoms with Gasteiger partial charge in [-0.2, -0.15) is 13.2 Å². The van der Waals surface area contributed by atoms with Gasteiger partial charge in [0.2, 0.25) is 0 Å². The molecule has 2 aromatic rings. The number of nitrogens with one attached hydrogen (secondary N) is 1. The molecule has 0 bridgehead atoms. The first kappa shape index (κ1) is 18.6. The molecule has 0 fully saturated rings. The number of sulfonamides is 1. The minimum atomic E-state index is -4.81. The second-order valence-electron chi connectivity index (χ2n) is 4.67. The fourth-order valence-electron chi connectivity index (χ4n) is 1.74. The Labute approximate surface area is 139 Å². The van der Waals surface area contributed by atoms with Crippen molar-refractivity contribution in [3.63, 3.8) is 0 Å². The number of pyridine rings is 1. The summed E-state index contributed by atoms with van der Waals surface area (Å²) < 4.78 is 81.5. The van der Waals surface area contributed by atoms with Crippen molar-refractivity contribution < 1.29 is 35.5 Å². The van der Waals surface area contributed by atoms with Crippen LogP contribution in [0.4, 0.5) is 23.4 Å². The van der Waals surface area contributed by atoms with E-state index in [9.17, 15) is 30.8 Å². The Hall–Kier alpha value is -2.69. The number of hydrogen-bond acceptors (Lipinski definition) is 5. The van der Waals surface area contributed by atoms with Crippen LogP contribution < -0.4 is 4.72 Å². The number of aromatic nitrogens is 1. The molecule has 0 aliphatic rings. The van der Waals surface area contributed by atoms with Gasteiger partial charge < -0.3 is 4.74 Å². The lowest BCUT2D eigenvalue weighted by Crippen LogP contribution is -2.16. The number of hydrogen-bond donors (Lipinski definition) is 1. The highest BCUT2D eigenvalue weighted by Gasteiger charge is 2.32. The number of carbonyl (C=O) groups is 1. The Morgan fingerprint density at radius 1 is 1.20 bits per heavy atom. The zero-order valence-electron chi connectivity index (χ0n) is 12.5. The van der Waals surface area contributed by atoms with Gasteiger partial charge in [0.15, 0.2) is 11.6 Å². The van der Waals surface area contributed by atoms with Crippen LogP contribution in [0, 0.1) is 5.82 Å². The summed E-state index contributed by atoms with van der Waals surface area (Å²) in [7, 11) is -3.17. The SMILES string of the molecule is COC(=O)c1ccc(S(=O)(=O)Nc2ncc(C(F)(F)F)cc2F)cc1. The molecule has 0 aliphatic heterocycles. The highest BCUT2D eigenvalue weighted by Crippen LogP contribution is 2.30. The Bertz CT molecular complexity index is 896. The third kappa shape index (κ3) is 4.24. The number of alkyl halides is 3. The third-order valence-electron chi connectivity index (χ3n) is 2.99. The van der Waals surface area contributed by atoms with Crippen LogP contribution in [0.3, 0.4) is 0 Å². The molecule has 0 amide bonds. The number of nitrogens with zero attached hydrogens (tertiary/aromatic N) is 1. The molecule has 1 aromatic carbocycles. The van der Waals surface area contributed by atoms with E-state index in [1.807, 2.05) is 0 Å². The quantitative estimate of drug-likeness (QED) is 0.653. The van der Waals surface area contributed by atoms with Crippen LogP contribution in [0.2, 0.25) is 0 Å². The van der Waals surface area contributed by atoms with Gasteiger partial charge in [0.25, 0.3) is 10.0 Å². The molecule has 0 spiro atoms. The van der Waals surface area contributed by atoms with E-state index in [2.05, 4.69) is 9.72 Å². The van der Waals surface area contributed by atoms with Gasteiger partial charge in [-0.25, -0.2) is 22.6 Å². The van der Waals surface area contributed by atoms with E-state index < -0.39 is 39.4 Å². The van der Waals surface area contributed by atoms with Gasteiger partial charge in [-0.15, -0.1) is 0 Å². The molecule has 0 radical (unpaired) electrons. The minimum absolute atomic E-state index is 0.0836. The van der Waals surface area contributed by atoms with Crippen LogP contribution in [-0.2, 0) is 20.9 Å². The topological polar surface area (TPSA) is 85.4 Å². The number of carbonyl (C=O) groups excluding carboxylic acids is 1. The van der Waals surface area contributed by atoms with Crippen LogP contribution in [0.15, 0.2) is 41.4 Å². The molecule has 25 heavy (non-hydrogen) atoms. The van der Waals surface area contributed by atoms with Gasteiger partial charge in [-0.05, 0) is 30.3 Å². The molecule has 0 atom stereocenters. The predicted molar refractivity (Wildman–Crippen MR) is 77.8 cm³/mol. The summed E-state index contributed by atoms with van der Waals surface area (Å²) in [5.74, 6) is -3.05. The molecule has 0 unspecified atom stereocenters. The van der Waals surface area contributed by atoms with Crippen molar-refractivity contribution in [1.82, 2.24) is 4.98 Å². The van der Waals surface area contributed by atoms with E-state index in [-0.39, 0.29) is 16.5 Å². The van der Waals surface area contributed by atoms with E-state index in [0.717, 1.165) is 31.4 Å². The summed E-state index contributed by atoms with van der Waals surface area (Å²) in [5, 5.41) is 0. The molecule has 11 heteroatoms. The van der Waals surface area contributed by atoms with Gasteiger partial charge in [0, 0.05) is 6.20 Å². The second-order valence-corrected chi connectivity index (χ2v) is 6.36. The maximum atomic E-state index is 13.7. The second kappa shape index (κ2) is 6.67. The Morgan fingerprint density at radius 3 is 2.28 bits per heavy atom. The van der Waals surface area contributed by atoms with Gasteiger partial charge >= 0.3 is 12.1 Å². The zero-order chi connectivity index (χ0) is 18.8. The first-order valence-corrected chi connectivity index (χ1v) is 7.97. The normalized spacial score (nSPS) is 11.9. The maximum absolute atomic E-state index is 13.7. The van der Waals surface area contributed by atoms with Gasteiger partial charge in [0.05, 0.1) is 23.1 Å². The van der Waals surface area contributed by atoms with Crippen LogP contribution in [0.5, 0.6) is 0 Å². The Kier molecular flexibility index (Phi) is 4.97. The molecule has 1 N–H and O–H groups in total. The summed E-state index contributed by atoms with van der Waals surface area (Å²) in [4.78, 5) is 14.1. The standard InChI is InChI=1S/C14H10F4N2O4S/c1-24-13(21)8-2-4-10(5-3-8)25(22,23)20-12-11(15)6-9(7-19-12)14(16,17)18/h2-7H,1H3,(H,19,20). The molecule has 1 heterocycles. The van der Waals surface area contributed by atoms with Gasteiger partial charge in [-0.3, -0.25) is 4.72 Å². The summed E-state index contributed by atoms with van der Waals surface area (Å²) in [6.45, 7) is 0. The number of benzene rings is 1. The summed E-state index contributed by atoms with van der Waals surface area (Å²) >= 11 is 0. The Morgan fingerprint density at radius 2 is 1.80 bits per heavy atom. The van der Waals surface area contributed by atoms with Crippen molar-refractivity contribution in [1.29, 1.82) is 0 Å². The number of methoxy groups -OCH3 is 1. The number of ether oxygens (including phenoxy) is 1. The molecule has 0 saturated heterocycles. The van der Waals surface area contributed by atoms with E-state index >= 15 is 0 Å². The van der Waals surface area contributed by atoms with E-state index in [4.69, 9.17) is 0 Å². The molecule has 6 nitrogen and oxygen atoms in total. The number of rotatable bonds is 4. The van der Waals surface area contributed by atoms with Crippen LogP contribution in [-0.4, -0.2) is 26.5 Å². The van der Waals surface area contributed by atoms with Gasteiger partial charge in [0.1, 0.15) is 0 Å². The summed E-state index contributed by atoms with van der Waals surface area (Å²) in [6, 6.07) is 4.56. The van der Waals surface area contributed by atoms with Crippen molar-refractivity contribution in [3.05, 3.63) is 53.5 Å². The average molecular weight is 378 g/mol. The molecule has 2 rings (SSSR count).